The molecule has 5 nitrogen and oxygen atoms in total. The van der Waals surface area contributed by atoms with E-state index in [9.17, 15) is 9.59 Å². The largest absolute Gasteiger partial charge is 0.369 e. The van der Waals surface area contributed by atoms with Gasteiger partial charge in [-0.15, -0.1) is 0 Å². The van der Waals surface area contributed by atoms with Crippen molar-refractivity contribution in [2.45, 2.75) is 62.9 Å². The number of hydrogen-bond donors (Lipinski definition) is 3. The summed E-state index contributed by atoms with van der Waals surface area (Å²) in [5.74, 6) is -0.166. The minimum absolute atomic E-state index is 0.00867. The molecule has 0 spiro atoms. The molecule has 0 aromatic rings. The minimum Gasteiger partial charge on any atom is -0.369 e. The number of primary amides is 1. The summed E-state index contributed by atoms with van der Waals surface area (Å²) in [5, 5.41) is 3.03. The molecule has 2 amide bonds. The molecule has 0 saturated heterocycles. The molecule has 2 fully saturated rings. The van der Waals surface area contributed by atoms with Crippen LogP contribution in [0.3, 0.4) is 0 Å². The van der Waals surface area contributed by atoms with Crippen LogP contribution in [0.1, 0.15) is 51.4 Å². The minimum atomic E-state index is -0.255. The molecule has 0 heterocycles. The fraction of sp³-hybridized carbons (Fsp3) is 0.846. The van der Waals surface area contributed by atoms with Crippen molar-refractivity contribution in [2.24, 2.45) is 17.4 Å². The van der Waals surface area contributed by atoms with Crippen LogP contribution in [0.25, 0.3) is 0 Å². The SMILES string of the molecule is NC(=O)C1CCC(NC(=O)CC2(N)CCC2)CC1. The Balaban J connectivity index is 1.71. The summed E-state index contributed by atoms with van der Waals surface area (Å²) in [5.41, 5.74) is 11.1. The third-order valence-electron chi connectivity index (χ3n) is 4.36. The van der Waals surface area contributed by atoms with Crippen LogP contribution in [0.15, 0.2) is 0 Å². The van der Waals surface area contributed by atoms with Gasteiger partial charge in [0, 0.05) is 23.9 Å². The van der Waals surface area contributed by atoms with Crippen molar-refractivity contribution in [3.8, 4) is 0 Å². The van der Waals surface area contributed by atoms with E-state index in [1.54, 1.807) is 0 Å². The molecular formula is C13H23N3O2. The second-order valence-electron chi connectivity index (χ2n) is 5.91. The van der Waals surface area contributed by atoms with Crippen LogP contribution >= 0.6 is 0 Å². The Morgan fingerprint density at radius 2 is 1.78 bits per heavy atom. The fourth-order valence-corrected chi connectivity index (χ4v) is 2.93. The lowest BCUT2D eigenvalue weighted by Gasteiger charge is -2.38. The Morgan fingerprint density at radius 1 is 1.17 bits per heavy atom. The van der Waals surface area contributed by atoms with Crippen LogP contribution in [0.4, 0.5) is 0 Å². The Hall–Kier alpha value is -1.10. The third-order valence-corrected chi connectivity index (χ3v) is 4.36. The van der Waals surface area contributed by atoms with E-state index in [1.165, 1.54) is 0 Å². The van der Waals surface area contributed by atoms with E-state index in [0.717, 1.165) is 44.9 Å². The van der Waals surface area contributed by atoms with Crippen LogP contribution in [-0.4, -0.2) is 23.4 Å². The monoisotopic (exact) mass is 253 g/mol. The maximum absolute atomic E-state index is 11.9. The van der Waals surface area contributed by atoms with E-state index < -0.39 is 0 Å². The molecule has 0 aliphatic heterocycles. The standard InChI is InChI=1S/C13H23N3O2/c14-12(18)9-2-4-10(5-3-9)16-11(17)8-13(15)6-1-7-13/h9-10H,1-8,15H2,(H2,14,18)(H,16,17). The van der Waals surface area contributed by atoms with Gasteiger partial charge < -0.3 is 16.8 Å². The van der Waals surface area contributed by atoms with E-state index in [-0.39, 0.29) is 29.3 Å². The highest BCUT2D eigenvalue weighted by Gasteiger charge is 2.35. The van der Waals surface area contributed by atoms with Gasteiger partial charge in [-0.1, -0.05) is 0 Å². The van der Waals surface area contributed by atoms with Gasteiger partial charge in [0.05, 0.1) is 0 Å². The van der Waals surface area contributed by atoms with Gasteiger partial charge in [-0.05, 0) is 44.9 Å². The summed E-state index contributed by atoms with van der Waals surface area (Å²) in [4.78, 5) is 22.9. The average molecular weight is 253 g/mol. The van der Waals surface area contributed by atoms with E-state index >= 15 is 0 Å². The van der Waals surface area contributed by atoms with Crippen molar-refractivity contribution in [1.82, 2.24) is 5.32 Å². The molecular weight excluding hydrogens is 230 g/mol. The van der Waals surface area contributed by atoms with Crippen molar-refractivity contribution >= 4 is 11.8 Å². The van der Waals surface area contributed by atoms with Gasteiger partial charge in [0.25, 0.3) is 0 Å². The van der Waals surface area contributed by atoms with Crippen molar-refractivity contribution in [1.29, 1.82) is 0 Å². The second kappa shape index (κ2) is 5.26. The molecule has 0 atom stereocenters. The van der Waals surface area contributed by atoms with Gasteiger partial charge in [-0.25, -0.2) is 0 Å². The van der Waals surface area contributed by atoms with Gasteiger partial charge in [0.1, 0.15) is 0 Å². The highest BCUT2D eigenvalue weighted by Crippen LogP contribution is 2.32. The van der Waals surface area contributed by atoms with E-state index in [0.29, 0.717) is 6.42 Å². The van der Waals surface area contributed by atoms with Crippen LogP contribution in [0.5, 0.6) is 0 Å². The fourth-order valence-electron chi connectivity index (χ4n) is 2.93. The summed E-state index contributed by atoms with van der Waals surface area (Å²) in [6.07, 6.45) is 6.73. The molecule has 5 heteroatoms. The topological polar surface area (TPSA) is 98.2 Å². The molecule has 5 N–H and O–H groups in total. The van der Waals surface area contributed by atoms with Gasteiger partial charge in [0.2, 0.25) is 11.8 Å². The number of rotatable bonds is 4. The normalized spacial score (nSPS) is 30.3. The van der Waals surface area contributed by atoms with Crippen molar-refractivity contribution in [3.63, 3.8) is 0 Å². The Morgan fingerprint density at radius 3 is 2.22 bits per heavy atom. The molecule has 2 saturated carbocycles. The predicted octanol–water partition coefficient (Wildman–Crippen LogP) is 0.418. The molecule has 2 rings (SSSR count). The lowest BCUT2D eigenvalue weighted by atomic mass is 9.75. The van der Waals surface area contributed by atoms with Crippen LogP contribution in [0.2, 0.25) is 0 Å². The van der Waals surface area contributed by atoms with Gasteiger partial charge in [-0.2, -0.15) is 0 Å². The van der Waals surface area contributed by atoms with E-state index in [1.807, 2.05) is 0 Å². The molecule has 0 unspecified atom stereocenters. The summed E-state index contributed by atoms with van der Waals surface area (Å²) in [6, 6.07) is 0.191. The summed E-state index contributed by atoms with van der Waals surface area (Å²) >= 11 is 0. The number of amides is 2. The zero-order valence-electron chi connectivity index (χ0n) is 10.8. The van der Waals surface area contributed by atoms with Gasteiger partial charge in [-0.3, -0.25) is 9.59 Å². The number of hydrogen-bond acceptors (Lipinski definition) is 3. The first-order chi connectivity index (χ1) is 8.48. The molecule has 0 aromatic heterocycles. The summed E-state index contributed by atoms with van der Waals surface area (Å²) in [7, 11) is 0. The molecule has 102 valence electrons. The Bertz CT molecular complexity index is 331. The molecule has 2 aliphatic carbocycles. The lowest BCUT2D eigenvalue weighted by molar-refractivity contribution is -0.124. The number of nitrogens with two attached hydrogens (primary N) is 2. The maximum atomic E-state index is 11.9. The zero-order chi connectivity index (χ0) is 13.2. The van der Waals surface area contributed by atoms with Crippen molar-refractivity contribution in [2.75, 3.05) is 0 Å². The number of nitrogens with one attached hydrogen (secondary N) is 1. The predicted molar refractivity (Wildman–Crippen MR) is 68.5 cm³/mol. The van der Waals surface area contributed by atoms with Gasteiger partial charge in [0.15, 0.2) is 0 Å². The first kappa shape index (κ1) is 13.3. The average Bonchev–Trinajstić information content (AvgIpc) is 2.27. The molecule has 0 radical (unpaired) electrons. The lowest BCUT2D eigenvalue weighted by Crippen LogP contribution is -2.51. The maximum Gasteiger partial charge on any atom is 0.222 e. The second-order valence-corrected chi connectivity index (χ2v) is 5.91. The number of carbonyl (C=O) groups excluding carboxylic acids is 2. The zero-order valence-corrected chi connectivity index (χ0v) is 10.8. The highest BCUT2D eigenvalue weighted by atomic mass is 16.2. The molecule has 0 bridgehead atoms. The summed E-state index contributed by atoms with van der Waals surface area (Å²) < 4.78 is 0. The number of carbonyl (C=O) groups is 2. The Labute approximate surface area is 108 Å². The Kier molecular flexibility index (Phi) is 3.90. The summed E-state index contributed by atoms with van der Waals surface area (Å²) in [6.45, 7) is 0. The quantitative estimate of drug-likeness (QED) is 0.677. The van der Waals surface area contributed by atoms with Crippen LogP contribution < -0.4 is 16.8 Å². The van der Waals surface area contributed by atoms with Crippen molar-refractivity contribution < 1.29 is 9.59 Å². The van der Waals surface area contributed by atoms with E-state index in [2.05, 4.69) is 5.32 Å². The highest BCUT2D eigenvalue weighted by molar-refractivity contribution is 5.78. The molecule has 0 aromatic carbocycles. The van der Waals surface area contributed by atoms with Crippen LogP contribution in [-0.2, 0) is 9.59 Å². The third kappa shape index (κ3) is 3.22. The molecule has 18 heavy (non-hydrogen) atoms. The van der Waals surface area contributed by atoms with E-state index in [4.69, 9.17) is 11.5 Å². The first-order valence-electron chi connectivity index (χ1n) is 6.86. The smallest absolute Gasteiger partial charge is 0.222 e. The molecule has 2 aliphatic rings. The first-order valence-corrected chi connectivity index (χ1v) is 6.86. The van der Waals surface area contributed by atoms with Gasteiger partial charge >= 0.3 is 0 Å². The van der Waals surface area contributed by atoms with Crippen LogP contribution in [0, 0.1) is 5.92 Å². The van der Waals surface area contributed by atoms with Crippen molar-refractivity contribution in [3.05, 3.63) is 0 Å².